The van der Waals surface area contributed by atoms with Crippen molar-refractivity contribution in [2.24, 2.45) is 0 Å². The molecule has 1 aliphatic heterocycles. The van der Waals surface area contributed by atoms with E-state index in [-0.39, 0.29) is 18.2 Å². The SMILES string of the molecule is CCCO.Cc1c([C@H](O)C[NH+]2CCN(c3ccc(F)cc3)CC2)oc2ccccc12.[Cl-]. The number of nitrogens with one attached hydrogen (secondary N) is 1. The van der Waals surface area contributed by atoms with Crippen LogP contribution in [0.2, 0.25) is 0 Å². The maximum absolute atomic E-state index is 13.1. The number of hydrogen-bond acceptors (Lipinski definition) is 4. The van der Waals surface area contributed by atoms with Crippen molar-refractivity contribution in [2.45, 2.75) is 26.4 Å². The summed E-state index contributed by atoms with van der Waals surface area (Å²) in [5, 5.41) is 19.6. The van der Waals surface area contributed by atoms with E-state index in [0.29, 0.717) is 18.9 Å². The number of piperazine rings is 1. The van der Waals surface area contributed by atoms with Crippen LogP contribution in [-0.2, 0) is 0 Å². The summed E-state index contributed by atoms with van der Waals surface area (Å²) in [5.74, 6) is 0.474. The Morgan fingerprint density at radius 1 is 1.10 bits per heavy atom. The number of nitrogens with zero attached hydrogens (tertiary/aromatic N) is 1. The molecule has 3 N–H and O–H groups in total. The Bertz CT molecular complexity index is 922. The van der Waals surface area contributed by atoms with Crippen LogP contribution in [0.5, 0.6) is 0 Å². The third-order valence-corrected chi connectivity index (χ3v) is 5.55. The minimum absolute atomic E-state index is 0. The van der Waals surface area contributed by atoms with Gasteiger partial charge in [0, 0.05) is 23.2 Å². The van der Waals surface area contributed by atoms with Gasteiger partial charge in [-0.1, -0.05) is 25.1 Å². The molecule has 1 aliphatic rings. The molecular weight excluding hydrogens is 419 g/mol. The lowest BCUT2D eigenvalue weighted by Crippen LogP contribution is -3.15. The molecule has 1 saturated heterocycles. The van der Waals surface area contributed by atoms with Crippen LogP contribution in [0.25, 0.3) is 11.0 Å². The summed E-state index contributed by atoms with van der Waals surface area (Å²) in [5.41, 5.74) is 2.91. The largest absolute Gasteiger partial charge is 1.00 e. The number of quaternary nitrogens is 1. The Hall–Kier alpha value is -2.12. The molecular formula is C24H32ClFN2O3. The minimum atomic E-state index is -0.602. The molecule has 0 bridgehead atoms. The Kier molecular flexibility index (Phi) is 9.78. The molecule has 0 aliphatic carbocycles. The number of hydrogen-bond donors (Lipinski definition) is 3. The molecule has 7 heteroatoms. The van der Waals surface area contributed by atoms with E-state index in [1.165, 1.54) is 17.0 Å². The van der Waals surface area contributed by atoms with Gasteiger partial charge < -0.3 is 36.8 Å². The van der Waals surface area contributed by atoms with Gasteiger partial charge >= 0.3 is 0 Å². The van der Waals surface area contributed by atoms with Crippen molar-refractivity contribution in [3.05, 3.63) is 65.7 Å². The maximum atomic E-state index is 13.1. The van der Waals surface area contributed by atoms with Crippen LogP contribution in [0, 0.1) is 12.7 Å². The lowest BCUT2D eigenvalue weighted by atomic mass is 10.1. The fourth-order valence-electron chi connectivity index (χ4n) is 3.81. The lowest BCUT2D eigenvalue weighted by molar-refractivity contribution is -0.904. The molecule has 31 heavy (non-hydrogen) atoms. The van der Waals surface area contributed by atoms with Crippen LogP contribution >= 0.6 is 0 Å². The molecule has 0 spiro atoms. The molecule has 3 aromatic rings. The summed E-state index contributed by atoms with van der Waals surface area (Å²) < 4.78 is 19.0. The summed E-state index contributed by atoms with van der Waals surface area (Å²) in [6.45, 7) is 8.56. The molecule has 2 aromatic carbocycles. The number of para-hydroxylation sites is 1. The van der Waals surface area contributed by atoms with Crippen molar-refractivity contribution in [3.8, 4) is 0 Å². The summed E-state index contributed by atoms with van der Waals surface area (Å²) in [7, 11) is 0. The zero-order chi connectivity index (χ0) is 21.5. The summed E-state index contributed by atoms with van der Waals surface area (Å²) in [6.07, 6.45) is 0.273. The van der Waals surface area contributed by atoms with Gasteiger partial charge in [0.25, 0.3) is 0 Å². The molecule has 0 amide bonds. The van der Waals surface area contributed by atoms with Crippen molar-refractivity contribution in [3.63, 3.8) is 0 Å². The molecule has 2 heterocycles. The third kappa shape index (κ3) is 6.43. The third-order valence-electron chi connectivity index (χ3n) is 5.55. The van der Waals surface area contributed by atoms with Crippen LogP contribution in [0.4, 0.5) is 10.1 Å². The van der Waals surface area contributed by atoms with Gasteiger partial charge in [-0.3, -0.25) is 0 Å². The molecule has 0 radical (unpaired) electrons. The van der Waals surface area contributed by atoms with E-state index in [0.717, 1.165) is 54.8 Å². The fourth-order valence-corrected chi connectivity index (χ4v) is 3.81. The number of aryl methyl sites for hydroxylation is 1. The van der Waals surface area contributed by atoms with Crippen LogP contribution in [0.15, 0.2) is 52.9 Å². The second-order valence-electron chi connectivity index (χ2n) is 7.74. The van der Waals surface area contributed by atoms with Crippen LogP contribution in [0.1, 0.15) is 30.8 Å². The first-order valence-electron chi connectivity index (χ1n) is 10.6. The van der Waals surface area contributed by atoms with Crippen LogP contribution in [0.3, 0.4) is 0 Å². The van der Waals surface area contributed by atoms with E-state index < -0.39 is 6.10 Å². The number of fused-ring (bicyclic) bond motifs is 1. The number of halogens is 2. The summed E-state index contributed by atoms with van der Waals surface area (Å²) in [6, 6.07) is 14.6. The Morgan fingerprint density at radius 3 is 2.29 bits per heavy atom. The smallest absolute Gasteiger partial charge is 0.161 e. The normalized spacial score (nSPS) is 15.2. The second kappa shape index (κ2) is 12.1. The molecule has 1 fully saturated rings. The van der Waals surface area contributed by atoms with Gasteiger partial charge in [-0.15, -0.1) is 0 Å². The highest BCUT2D eigenvalue weighted by molar-refractivity contribution is 5.81. The predicted octanol–water partition coefficient (Wildman–Crippen LogP) is -0.288. The topological polar surface area (TPSA) is 61.3 Å². The van der Waals surface area contributed by atoms with E-state index in [2.05, 4.69) is 4.90 Å². The van der Waals surface area contributed by atoms with Gasteiger partial charge in [-0.25, -0.2) is 4.39 Å². The average molecular weight is 451 g/mol. The molecule has 5 nitrogen and oxygen atoms in total. The fraction of sp³-hybridized carbons (Fsp3) is 0.417. The van der Waals surface area contributed by atoms with Crippen molar-refractivity contribution < 1.29 is 36.3 Å². The van der Waals surface area contributed by atoms with Crippen molar-refractivity contribution in [2.75, 3.05) is 44.2 Å². The van der Waals surface area contributed by atoms with Crippen molar-refractivity contribution in [1.29, 1.82) is 0 Å². The van der Waals surface area contributed by atoms with Gasteiger partial charge in [0.1, 0.15) is 23.7 Å². The quantitative estimate of drug-likeness (QED) is 0.500. The molecule has 0 saturated carbocycles. The van der Waals surface area contributed by atoms with E-state index in [9.17, 15) is 9.50 Å². The molecule has 1 atom stereocenters. The van der Waals surface area contributed by atoms with E-state index in [4.69, 9.17) is 9.52 Å². The highest BCUT2D eigenvalue weighted by Gasteiger charge is 2.26. The number of rotatable bonds is 5. The standard InChI is InChI=1S/C21H23FN2O2.C3H8O.ClH/c1-15-18-4-2-3-5-20(18)26-21(15)19(25)14-23-10-12-24(13-11-23)17-8-6-16(22)7-9-17;1-2-3-4;/h2-9,19,25H,10-14H2,1H3;4H,2-3H2,1H3;1H/t19-;;/m1../s1. The van der Waals surface area contributed by atoms with Gasteiger partial charge in [0.05, 0.1) is 26.2 Å². The van der Waals surface area contributed by atoms with Gasteiger partial charge in [0.2, 0.25) is 0 Å². The second-order valence-corrected chi connectivity index (χ2v) is 7.74. The highest BCUT2D eigenvalue weighted by atomic mass is 35.5. The first-order chi connectivity index (χ1) is 14.5. The number of aliphatic hydroxyl groups is 2. The Balaban J connectivity index is 0.000000631. The Labute approximate surface area is 189 Å². The summed E-state index contributed by atoms with van der Waals surface area (Å²) >= 11 is 0. The lowest BCUT2D eigenvalue weighted by Gasteiger charge is -2.34. The van der Waals surface area contributed by atoms with Crippen molar-refractivity contribution in [1.82, 2.24) is 0 Å². The van der Waals surface area contributed by atoms with E-state index in [1.807, 2.05) is 50.2 Å². The van der Waals surface area contributed by atoms with Gasteiger partial charge in [-0.05, 0) is 43.7 Å². The predicted molar refractivity (Wildman–Crippen MR) is 117 cm³/mol. The maximum Gasteiger partial charge on any atom is 0.161 e. The first-order valence-corrected chi connectivity index (χ1v) is 10.6. The molecule has 4 rings (SSSR count). The van der Waals surface area contributed by atoms with Crippen LogP contribution in [-0.4, -0.2) is 49.5 Å². The van der Waals surface area contributed by atoms with Gasteiger partial charge in [0.15, 0.2) is 6.10 Å². The highest BCUT2D eigenvalue weighted by Crippen LogP contribution is 2.28. The number of anilines is 1. The zero-order valence-corrected chi connectivity index (χ0v) is 18.9. The number of aliphatic hydroxyl groups excluding tert-OH is 2. The number of furan rings is 1. The summed E-state index contributed by atoms with van der Waals surface area (Å²) in [4.78, 5) is 3.62. The molecule has 0 unspecified atom stereocenters. The van der Waals surface area contributed by atoms with Crippen LogP contribution < -0.4 is 22.2 Å². The first kappa shape index (κ1) is 25.1. The molecule has 170 valence electrons. The van der Waals surface area contributed by atoms with Crippen molar-refractivity contribution >= 4 is 16.7 Å². The molecule has 1 aromatic heterocycles. The minimum Gasteiger partial charge on any atom is -1.00 e. The van der Waals surface area contributed by atoms with Gasteiger partial charge in [-0.2, -0.15) is 0 Å². The average Bonchev–Trinajstić information content (AvgIpc) is 3.12. The zero-order valence-electron chi connectivity index (χ0n) is 18.2. The monoisotopic (exact) mass is 450 g/mol. The van der Waals surface area contributed by atoms with E-state index >= 15 is 0 Å². The number of benzene rings is 2. The Morgan fingerprint density at radius 2 is 1.71 bits per heavy atom. The van der Waals surface area contributed by atoms with E-state index in [1.54, 1.807) is 0 Å².